The molecule has 9 heteroatoms. The number of urea groups is 1. The lowest BCUT2D eigenvalue weighted by molar-refractivity contribution is 0.254. The summed E-state index contributed by atoms with van der Waals surface area (Å²) in [5.41, 5.74) is 3.97. The number of rotatable bonds is 2. The molecule has 0 radical (unpaired) electrons. The van der Waals surface area contributed by atoms with Crippen molar-refractivity contribution in [3.05, 3.63) is 54.7 Å². The van der Waals surface area contributed by atoms with E-state index in [0.29, 0.717) is 22.7 Å². The van der Waals surface area contributed by atoms with Gasteiger partial charge >= 0.3 is 6.03 Å². The molecule has 1 saturated heterocycles. The standard InChI is InChI=1S/C21H17N7O2/c29-21(24-19-3-1-2-9-22-19)28-14-8-10-27(12-14)18-7-6-15(23-20(18)28)13-4-5-16-17(11-13)26-30-25-16/h1-7,9,11,14H,8,10,12H2,(H,22,24,29)/t14-/m1/s1. The van der Waals surface area contributed by atoms with Gasteiger partial charge in [0.25, 0.3) is 0 Å². The molecule has 4 aromatic rings. The van der Waals surface area contributed by atoms with Gasteiger partial charge in [-0.25, -0.2) is 19.4 Å². The molecule has 5 heterocycles. The molecule has 0 aliphatic carbocycles. The van der Waals surface area contributed by atoms with Crippen LogP contribution in [-0.2, 0) is 0 Å². The molecule has 1 fully saturated rings. The Hall–Kier alpha value is -4.01. The Morgan fingerprint density at radius 1 is 1.10 bits per heavy atom. The summed E-state index contributed by atoms with van der Waals surface area (Å²) in [4.78, 5) is 26.3. The minimum Gasteiger partial charge on any atom is -0.366 e. The van der Waals surface area contributed by atoms with Gasteiger partial charge in [-0.05, 0) is 53.1 Å². The van der Waals surface area contributed by atoms with Crippen LogP contribution in [0.3, 0.4) is 0 Å². The number of pyridine rings is 2. The summed E-state index contributed by atoms with van der Waals surface area (Å²) >= 11 is 0. The van der Waals surface area contributed by atoms with Crippen LogP contribution in [0.5, 0.6) is 0 Å². The second kappa shape index (κ2) is 6.51. The normalized spacial score (nSPS) is 17.3. The average molecular weight is 399 g/mol. The molecule has 1 aromatic carbocycles. The van der Waals surface area contributed by atoms with Gasteiger partial charge < -0.3 is 4.90 Å². The first-order chi connectivity index (χ1) is 14.8. The van der Waals surface area contributed by atoms with Crippen LogP contribution < -0.4 is 15.1 Å². The van der Waals surface area contributed by atoms with E-state index in [4.69, 9.17) is 9.61 Å². The largest absolute Gasteiger partial charge is 0.366 e. The highest BCUT2D eigenvalue weighted by Gasteiger charge is 2.40. The summed E-state index contributed by atoms with van der Waals surface area (Å²) in [6, 6.07) is 15.0. The Labute approximate surface area is 171 Å². The minimum absolute atomic E-state index is 0.0752. The lowest BCUT2D eigenvalue weighted by atomic mass is 10.1. The molecular formula is C21H17N7O2. The number of carbonyl (C=O) groups is 1. The molecule has 0 unspecified atom stereocenters. The molecule has 9 nitrogen and oxygen atoms in total. The number of aromatic nitrogens is 4. The first kappa shape index (κ1) is 16.9. The van der Waals surface area contributed by atoms with E-state index in [1.54, 1.807) is 17.2 Å². The Balaban J connectivity index is 1.41. The number of amides is 2. The Morgan fingerprint density at radius 2 is 2.03 bits per heavy atom. The number of hydrogen-bond donors (Lipinski definition) is 1. The van der Waals surface area contributed by atoms with Crippen LogP contribution in [-0.4, -0.2) is 45.4 Å². The van der Waals surface area contributed by atoms with Gasteiger partial charge in [0.05, 0.1) is 17.4 Å². The first-order valence-electron chi connectivity index (χ1n) is 9.76. The summed E-state index contributed by atoms with van der Waals surface area (Å²) in [7, 11) is 0. The molecule has 3 aromatic heterocycles. The lowest BCUT2D eigenvalue weighted by Gasteiger charge is -2.35. The zero-order valence-corrected chi connectivity index (χ0v) is 15.9. The minimum atomic E-state index is -0.220. The smallest absolute Gasteiger partial charge is 0.329 e. The van der Waals surface area contributed by atoms with E-state index in [2.05, 4.69) is 25.5 Å². The molecule has 148 valence electrons. The molecule has 30 heavy (non-hydrogen) atoms. The Kier molecular flexibility index (Phi) is 3.67. The van der Waals surface area contributed by atoms with E-state index in [9.17, 15) is 4.79 Å². The van der Waals surface area contributed by atoms with Crippen molar-refractivity contribution >= 4 is 34.4 Å². The summed E-state index contributed by atoms with van der Waals surface area (Å²) in [6.45, 7) is 1.71. The molecule has 1 N–H and O–H groups in total. The third kappa shape index (κ3) is 2.66. The maximum absolute atomic E-state index is 13.2. The number of nitrogens with zero attached hydrogens (tertiary/aromatic N) is 6. The van der Waals surface area contributed by atoms with Crippen LogP contribution in [0.2, 0.25) is 0 Å². The Bertz CT molecular complexity index is 1260. The zero-order valence-electron chi connectivity index (χ0n) is 15.9. The Morgan fingerprint density at radius 3 is 2.93 bits per heavy atom. The molecule has 2 aliphatic rings. The average Bonchev–Trinajstić information content (AvgIpc) is 3.41. The number of hydrogen-bond acceptors (Lipinski definition) is 7. The van der Waals surface area contributed by atoms with Crippen LogP contribution in [0.25, 0.3) is 22.3 Å². The van der Waals surface area contributed by atoms with Gasteiger partial charge in [0.15, 0.2) is 5.82 Å². The second-order valence-electron chi connectivity index (χ2n) is 7.41. The van der Waals surface area contributed by atoms with Crippen molar-refractivity contribution in [2.75, 3.05) is 28.2 Å². The van der Waals surface area contributed by atoms with E-state index in [1.165, 1.54) is 0 Å². The van der Waals surface area contributed by atoms with E-state index in [0.717, 1.165) is 36.5 Å². The van der Waals surface area contributed by atoms with Crippen molar-refractivity contribution < 1.29 is 9.42 Å². The van der Waals surface area contributed by atoms with Crippen LogP contribution in [0.4, 0.5) is 22.1 Å². The fraction of sp³-hybridized carbons (Fsp3) is 0.190. The topological polar surface area (TPSA) is 100 Å². The third-order valence-corrected chi connectivity index (χ3v) is 5.62. The molecule has 2 bridgehead atoms. The predicted molar refractivity (Wildman–Crippen MR) is 111 cm³/mol. The van der Waals surface area contributed by atoms with Crippen molar-refractivity contribution in [3.8, 4) is 11.3 Å². The monoisotopic (exact) mass is 399 g/mol. The van der Waals surface area contributed by atoms with Crippen LogP contribution in [0.15, 0.2) is 59.4 Å². The number of carbonyl (C=O) groups excluding carboxylic acids is 1. The fourth-order valence-electron chi connectivity index (χ4n) is 4.18. The SMILES string of the molecule is O=C(Nc1ccccn1)N1c2nc(-c3ccc4nonc4c3)ccc2N2CC[C@@H]1C2. The van der Waals surface area contributed by atoms with Gasteiger partial charge in [0.2, 0.25) is 0 Å². The first-order valence-corrected chi connectivity index (χ1v) is 9.76. The summed E-state index contributed by atoms with van der Waals surface area (Å²) in [6.07, 6.45) is 2.56. The number of anilines is 3. The molecule has 2 aliphatic heterocycles. The van der Waals surface area contributed by atoms with Gasteiger partial charge in [-0.3, -0.25) is 10.2 Å². The van der Waals surface area contributed by atoms with E-state index in [-0.39, 0.29) is 12.1 Å². The molecule has 1 atom stereocenters. The zero-order chi connectivity index (χ0) is 20.1. The van der Waals surface area contributed by atoms with Crippen molar-refractivity contribution in [1.82, 2.24) is 20.3 Å². The van der Waals surface area contributed by atoms with Crippen molar-refractivity contribution in [2.45, 2.75) is 12.5 Å². The number of benzene rings is 1. The van der Waals surface area contributed by atoms with Gasteiger partial charge in [0, 0.05) is 24.8 Å². The quantitative estimate of drug-likeness (QED) is 0.552. The van der Waals surface area contributed by atoms with Gasteiger partial charge in [-0.2, -0.15) is 0 Å². The van der Waals surface area contributed by atoms with E-state index in [1.807, 2.05) is 42.5 Å². The van der Waals surface area contributed by atoms with Gasteiger partial charge in [-0.1, -0.05) is 12.1 Å². The molecular weight excluding hydrogens is 382 g/mol. The summed E-state index contributed by atoms with van der Waals surface area (Å²) < 4.78 is 4.79. The van der Waals surface area contributed by atoms with Crippen molar-refractivity contribution in [2.24, 2.45) is 0 Å². The molecule has 0 spiro atoms. The van der Waals surface area contributed by atoms with Gasteiger partial charge in [-0.15, -0.1) is 0 Å². The molecule has 2 amide bonds. The van der Waals surface area contributed by atoms with Crippen LogP contribution in [0, 0.1) is 0 Å². The van der Waals surface area contributed by atoms with Crippen molar-refractivity contribution in [1.29, 1.82) is 0 Å². The second-order valence-corrected chi connectivity index (χ2v) is 7.41. The van der Waals surface area contributed by atoms with E-state index < -0.39 is 0 Å². The predicted octanol–water partition coefficient (Wildman–Crippen LogP) is 3.31. The number of fused-ring (bicyclic) bond motifs is 5. The fourth-order valence-corrected chi connectivity index (χ4v) is 4.18. The van der Waals surface area contributed by atoms with E-state index >= 15 is 0 Å². The van der Waals surface area contributed by atoms with Gasteiger partial charge in [0.1, 0.15) is 16.9 Å². The maximum atomic E-state index is 13.2. The highest BCUT2D eigenvalue weighted by molar-refractivity contribution is 6.04. The van der Waals surface area contributed by atoms with Crippen LogP contribution in [0.1, 0.15) is 6.42 Å². The maximum Gasteiger partial charge on any atom is 0.329 e. The third-order valence-electron chi connectivity index (χ3n) is 5.62. The molecule has 0 saturated carbocycles. The summed E-state index contributed by atoms with van der Waals surface area (Å²) in [5, 5.41) is 10.7. The van der Waals surface area contributed by atoms with Crippen molar-refractivity contribution in [3.63, 3.8) is 0 Å². The number of nitrogens with one attached hydrogen (secondary N) is 1. The lowest BCUT2D eigenvalue weighted by Crippen LogP contribution is -2.48. The summed E-state index contributed by atoms with van der Waals surface area (Å²) in [5.74, 6) is 1.18. The molecule has 6 rings (SSSR count). The highest BCUT2D eigenvalue weighted by atomic mass is 16.6. The van der Waals surface area contributed by atoms with Crippen LogP contribution >= 0.6 is 0 Å². The highest BCUT2D eigenvalue weighted by Crippen LogP contribution is 2.40.